The lowest BCUT2D eigenvalue weighted by Crippen LogP contribution is -2.28. The van der Waals surface area contributed by atoms with E-state index >= 15 is 0 Å². The van der Waals surface area contributed by atoms with Gasteiger partial charge < -0.3 is 9.73 Å². The van der Waals surface area contributed by atoms with Gasteiger partial charge in [-0.15, -0.1) is 0 Å². The molecule has 146 valence electrons. The standard InChI is InChI=1S/C22H22F2N2O2/c1-2-15(16-6-4-3-5-7-16)13-25-21(27)10-11-22-26-14-20(28-22)18-9-8-17(23)12-19(18)24/h3-9,12,14-15H,2,10-11,13H2,1H3,(H,25,27). The van der Waals surface area contributed by atoms with Crippen molar-refractivity contribution in [3.63, 3.8) is 0 Å². The Morgan fingerprint density at radius 1 is 1.18 bits per heavy atom. The zero-order chi connectivity index (χ0) is 19.9. The molecule has 3 aromatic rings. The molecule has 0 saturated carbocycles. The molecule has 0 aliphatic carbocycles. The van der Waals surface area contributed by atoms with Crippen LogP contribution in [-0.2, 0) is 11.2 Å². The second-order valence-electron chi connectivity index (χ2n) is 6.56. The van der Waals surface area contributed by atoms with Crippen molar-refractivity contribution in [3.8, 4) is 11.3 Å². The maximum absolute atomic E-state index is 13.8. The fourth-order valence-corrected chi connectivity index (χ4v) is 3.01. The monoisotopic (exact) mass is 384 g/mol. The van der Waals surface area contributed by atoms with Crippen LogP contribution in [0.15, 0.2) is 59.1 Å². The summed E-state index contributed by atoms with van der Waals surface area (Å²) in [6.45, 7) is 2.66. The number of carbonyl (C=O) groups is 1. The first-order valence-corrected chi connectivity index (χ1v) is 9.28. The summed E-state index contributed by atoms with van der Waals surface area (Å²) >= 11 is 0. The maximum Gasteiger partial charge on any atom is 0.220 e. The lowest BCUT2D eigenvalue weighted by Gasteiger charge is -2.16. The van der Waals surface area contributed by atoms with Crippen molar-refractivity contribution in [1.82, 2.24) is 10.3 Å². The number of amides is 1. The van der Waals surface area contributed by atoms with E-state index in [1.807, 2.05) is 18.2 Å². The van der Waals surface area contributed by atoms with Crippen LogP contribution in [0.4, 0.5) is 8.78 Å². The van der Waals surface area contributed by atoms with Crippen LogP contribution in [0.1, 0.15) is 37.1 Å². The Hall–Kier alpha value is -3.02. The normalized spacial score (nSPS) is 12.0. The van der Waals surface area contributed by atoms with E-state index in [1.165, 1.54) is 17.8 Å². The van der Waals surface area contributed by atoms with Crippen molar-refractivity contribution in [2.24, 2.45) is 0 Å². The summed E-state index contributed by atoms with van der Waals surface area (Å²) in [7, 11) is 0. The number of oxazole rings is 1. The first-order valence-electron chi connectivity index (χ1n) is 9.28. The van der Waals surface area contributed by atoms with E-state index < -0.39 is 11.6 Å². The van der Waals surface area contributed by atoms with Crippen LogP contribution in [-0.4, -0.2) is 17.4 Å². The molecule has 0 radical (unpaired) electrons. The number of aryl methyl sites for hydroxylation is 1. The number of rotatable bonds is 8. The summed E-state index contributed by atoms with van der Waals surface area (Å²) in [4.78, 5) is 16.2. The van der Waals surface area contributed by atoms with Crippen LogP contribution in [0.3, 0.4) is 0 Å². The number of nitrogens with zero attached hydrogens (tertiary/aromatic N) is 1. The van der Waals surface area contributed by atoms with Gasteiger partial charge in [0.2, 0.25) is 5.91 Å². The second-order valence-corrected chi connectivity index (χ2v) is 6.56. The van der Waals surface area contributed by atoms with Crippen LogP contribution < -0.4 is 5.32 Å². The topological polar surface area (TPSA) is 55.1 Å². The molecule has 1 N–H and O–H groups in total. The molecular weight excluding hydrogens is 362 g/mol. The molecule has 0 fully saturated rings. The molecule has 2 aromatic carbocycles. The van der Waals surface area contributed by atoms with Crippen molar-refractivity contribution in [2.75, 3.05) is 6.54 Å². The van der Waals surface area contributed by atoms with Crippen molar-refractivity contribution >= 4 is 5.91 Å². The van der Waals surface area contributed by atoms with Gasteiger partial charge in [0.1, 0.15) is 11.6 Å². The van der Waals surface area contributed by atoms with Crippen LogP contribution in [0.5, 0.6) is 0 Å². The average molecular weight is 384 g/mol. The zero-order valence-corrected chi connectivity index (χ0v) is 15.6. The molecule has 0 spiro atoms. The molecule has 0 bridgehead atoms. The predicted molar refractivity (Wildman–Crippen MR) is 103 cm³/mol. The molecule has 1 amide bonds. The van der Waals surface area contributed by atoms with Gasteiger partial charge in [0.25, 0.3) is 0 Å². The van der Waals surface area contributed by atoms with Crippen LogP contribution >= 0.6 is 0 Å². The lowest BCUT2D eigenvalue weighted by atomic mass is 9.96. The Morgan fingerprint density at radius 2 is 1.96 bits per heavy atom. The summed E-state index contributed by atoms with van der Waals surface area (Å²) in [5.41, 5.74) is 1.34. The van der Waals surface area contributed by atoms with Gasteiger partial charge in [0.15, 0.2) is 11.7 Å². The van der Waals surface area contributed by atoms with Gasteiger partial charge in [-0.2, -0.15) is 0 Å². The Morgan fingerprint density at radius 3 is 2.68 bits per heavy atom. The molecule has 0 aliphatic heterocycles. The Kier molecular flexibility index (Phi) is 6.53. The summed E-state index contributed by atoms with van der Waals surface area (Å²) in [5, 5.41) is 2.95. The van der Waals surface area contributed by atoms with E-state index in [9.17, 15) is 13.6 Å². The fourth-order valence-electron chi connectivity index (χ4n) is 3.01. The molecule has 4 nitrogen and oxygen atoms in total. The average Bonchev–Trinajstić information content (AvgIpc) is 3.16. The molecule has 0 saturated heterocycles. The van der Waals surface area contributed by atoms with Gasteiger partial charge in [-0.25, -0.2) is 13.8 Å². The number of halogens is 2. The summed E-state index contributed by atoms with van der Waals surface area (Å²) in [6, 6.07) is 13.3. The number of benzene rings is 2. The molecule has 28 heavy (non-hydrogen) atoms. The minimum absolute atomic E-state index is 0.0953. The lowest BCUT2D eigenvalue weighted by molar-refractivity contribution is -0.121. The first-order chi connectivity index (χ1) is 13.6. The highest BCUT2D eigenvalue weighted by Crippen LogP contribution is 2.24. The summed E-state index contributed by atoms with van der Waals surface area (Å²) < 4.78 is 32.3. The Balaban J connectivity index is 1.52. The fraction of sp³-hybridized carbons (Fsp3) is 0.273. The number of hydrogen-bond donors (Lipinski definition) is 1. The van der Waals surface area contributed by atoms with E-state index in [4.69, 9.17) is 4.42 Å². The van der Waals surface area contributed by atoms with Crippen LogP contribution in [0.2, 0.25) is 0 Å². The minimum atomic E-state index is -0.716. The van der Waals surface area contributed by atoms with E-state index in [0.29, 0.717) is 18.9 Å². The zero-order valence-electron chi connectivity index (χ0n) is 15.6. The quantitative estimate of drug-likeness (QED) is 0.603. The van der Waals surface area contributed by atoms with Crippen molar-refractivity contribution in [1.29, 1.82) is 0 Å². The summed E-state index contributed by atoms with van der Waals surface area (Å²) in [6.07, 6.45) is 2.83. The highest BCUT2D eigenvalue weighted by atomic mass is 19.1. The molecule has 6 heteroatoms. The molecular formula is C22H22F2N2O2. The maximum atomic E-state index is 13.8. The predicted octanol–water partition coefficient (Wildman–Crippen LogP) is 4.86. The smallest absolute Gasteiger partial charge is 0.220 e. The highest BCUT2D eigenvalue weighted by Gasteiger charge is 2.14. The molecule has 1 unspecified atom stereocenters. The van der Waals surface area contributed by atoms with Crippen molar-refractivity contribution in [2.45, 2.75) is 32.1 Å². The van der Waals surface area contributed by atoms with E-state index in [0.717, 1.165) is 18.6 Å². The van der Waals surface area contributed by atoms with Gasteiger partial charge in [0, 0.05) is 31.4 Å². The third-order valence-electron chi connectivity index (χ3n) is 4.63. The second kappa shape index (κ2) is 9.26. The van der Waals surface area contributed by atoms with Gasteiger partial charge in [0.05, 0.1) is 11.8 Å². The number of hydrogen-bond acceptors (Lipinski definition) is 3. The largest absolute Gasteiger partial charge is 0.441 e. The molecule has 3 rings (SSSR count). The Bertz CT molecular complexity index is 925. The van der Waals surface area contributed by atoms with Crippen LogP contribution in [0, 0.1) is 11.6 Å². The summed E-state index contributed by atoms with van der Waals surface area (Å²) in [5.74, 6) is -0.653. The first kappa shape index (κ1) is 19.7. The van der Waals surface area contributed by atoms with Crippen molar-refractivity contribution in [3.05, 3.63) is 77.8 Å². The molecule has 1 aromatic heterocycles. The SMILES string of the molecule is CCC(CNC(=O)CCc1ncc(-c2ccc(F)cc2F)o1)c1ccccc1. The van der Waals surface area contributed by atoms with Crippen LogP contribution in [0.25, 0.3) is 11.3 Å². The third kappa shape index (κ3) is 5.03. The molecule has 1 heterocycles. The number of aromatic nitrogens is 1. The minimum Gasteiger partial charge on any atom is -0.441 e. The van der Waals surface area contributed by atoms with Crippen molar-refractivity contribution < 1.29 is 18.0 Å². The number of nitrogens with one attached hydrogen (secondary N) is 1. The molecule has 0 aliphatic rings. The van der Waals surface area contributed by atoms with Gasteiger partial charge >= 0.3 is 0 Å². The highest BCUT2D eigenvalue weighted by molar-refractivity contribution is 5.76. The number of carbonyl (C=O) groups excluding carboxylic acids is 1. The third-order valence-corrected chi connectivity index (χ3v) is 4.63. The van der Waals surface area contributed by atoms with Gasteiger partial charge in [-0.1, -0.05) is 37.3 Å². The van der Waals surface area contributed by atoms with Gasteiger partial charge in [-0.05, 0) is 24.1 Å². The van der Waals surface area contributed by atoms with E-state index in [2.05, 4.69) is 29.4 Å². The van der Waals surface area contributed by atoms with E-state index in [1.54, 1.807) is 0 Å². The Labute approximate surface area is 162 Å². The molecule has 1 atom stereocenters. The van der Waals surface area contributed by atoms with Gasteiger partial charge in [-0.3, -0.25) is 4.79 Å². The van der Waals surface area contributed by atoms with E-state index in [-0.39, 0.29) is 29.6 Å².